The summed E-state index contributed by atoms with van der Waals surface area (Å²) in [5, 5.41) is 0. The fourth-order valence-corrected chi connectivity index (χ4v) is 2.42. The maximum Gasteiger partial charge on any atom is 0.250 e. The average Bonchev–Trinajstić information content (AvgIpc) is 2.53. The number of hydrogen-bond donors (Lipinski definition) is 0. The molecule has 2 heteroatoms. The van der Waals surface area contributed by atoms with Crippen LogP contribution in [0.25, 0.3) is 0 Å². The van der Waals surface area contributed by atoms with Crippen LogP contribution in [0.15, 0.2) is 83.8 Å². The van der Waals surface area contributed by atoms with Gasteiger partial charge in [-0.15, -0.1) is 0 Å². The van der Waals surface area contributed by atoms with E-state index < -0.39 is 0 Å². The van der Waals surface area contributed by atoms with Crippen molar-refractivity contribution < 1.29 is 0 Å². The van der Waals surface area contributed by atoms with Crippen LogP contribution in [0.2, 0.25) is 0 Å². The third-order valence-electron chi connectivity index (χ3n) is 3.49. The van der Waals surface area contributed by atoms with E-state index >= 15 is 0 Å². The first-order valence-corrected chi connectivity index (χ1v) is 7.08. The second-order valence-electron chi connectivity index (χ2n) is 5.15. The molecule has 0 spiro atoms. The van der Waals surface area contributed by atoms with E-state index in [2.05, 4.69) is 12.1 Å². The molecule has 0 fully saturated rings. The summed E-state index contributed by atoms with van der Waals surface area (Å²) in [6, 6.07) is 23.9. The van der Waals surface area contributed by atoms with Crippen LogP contribution in [0.4, 0.5) is 0 Å². The normalized spacial score (nSPS) is 10.5. The molecule has 0 aliphatic carbocycles. The third kappa shape index (κ3) is 3.48. The second kappa shape index (κ2) is 6.23. The maximum atomic E-state index is 12.0. The van der Waals surface area contributed by atoms with Gasteiger partial charge in [-0.1, -0.05) is 66.7 Å². The van der Waals surface area contributed by atoms with Crippen LogP contribution in [0, 0.1) is 0 Å². The molecule has 0 aliphatic heterocycles. The third-order valence-corrected chi connectivity index (χ3v) is 3.49. The molecule has 0 saturated heterocycles. The van der Waals surface area contributed by atoms with Gasteiger partial charge >= 0.3 is 0 Å². The van der Waals surface area contributed by atoms with Crippen molar-refractivity contribution >= 4 is 0 Å². The molecule has 0 radical (unpaired) electrons. The molecule has 0 N–H and O–H groups in total. The summed E-state index contributed by atoms with van der Waals surface area (Å²) in [5.74, 6) is 0. The summed E-state index contributed by atoms with van der Waals surface area (Å²) in [7, 11) is 0. The zero-order chi connectivity index (χ0) is 14.5. The molecule has 0 bridgehead atoms. The molecular formula is C19H17NO. The van der Waals surface area contributed by atoms with E-state index in [4.69, 9.17) is 0 Å². The summed E-state index contributed by atoms with van der Waals surface area (Å²) in [4.78, 5) is 12.0. The molecule has 0 unspecified atom stereocenters. The molecule has 3 aromatic rings. The molecule has 2 nitrogen and oxygen atoms in total. The predicted molar refractivity (Wildman–Crippen MR) is 85.5 cm³/mol. The van der Waals surface area contributed by atoms with Gasteiger partial charge in [0, 0.05) is 12.3 Å². The predicted octanol–water partition coefficient (Wildman–Crippen LogP) is 3.49. The lowest BCUT2D eigenvalue weighted by atomic mass is 10.1. The van der Waals surface area contributed by atoms with Crippen molar-refractivity contribution in [2.45, 2.75) is 13.0 Å². The van der Waals surface area contributed by atoms with E-state index in [1.165, 1.54) is 5.56 Å². The first-order chi connectivity index (χ1) is 10.3. The molecule has 3 rings (SSSR count). The van der Waals surface area contributed by atoms with Gasteiger partial charge in [0.1, 0.15) is 0 Å². The Labute approximate surface area is 124 Å². The van der Waals surface area contributed by atoms with Gasteiger partial charge in [-0.25, -0.2) is 0 Å². The maximum absolute atomic E-state index is 12.0. The van der Waals surface area contributed by atoms with Crippen molar-refractivity contribution in [3.8, 4) is 0 Å². The lowest BCUT2D eigenvalue weighted by Gasteiger charge is -2.08. The number of aromatic nitrogens is 1. The topological polar surface area (TPSA) is 22.0 Å². The van der Waals surface area contributed by atoms with Gasteiger partial charge in [-0.3, -0.25) is 4.79 Å². The van der Waals surface area contributed by atoms with Gasteiger partial charge in [0.2, 0.25) is 0 Å². The Bertz CT molecular complexity index is 760. The van der Waals surface area contributed by atoms with Crippen molar-refractivity contribution in [2.75, 3.05) is 0 Å². The van der Waals surface area contributed by atoms with E-state index in [9.17, 15) is 4.79 Å². The zero-order valence-corrected chi connectivity index (χ0v) is 11.8. The highest BCUT2D eigenvalue weighted by atomic mass is 16.1. The van der Waals surface area contributed by atoms with Crippen LogP contribution >= 0.6 is 0 Å². The van der Waals surface area contributed by atoms with E-state index in [0.29, 0.717) is 6.54 Å². The molecule has 1 aromatic heterocycles. The summed E-state index contributed by atoms with van der Waals surface area (Å²) in [5.41, 5.74) is 3.58. The molecule has 0 amide bonds. The van der Waals surface area contributed by atoms with Crippen molar-refractivity contribution in [2.24, 2.45) is 0 Å². The second-order valence-corrected chi connectivity index (χ2v) is 5.15. The van der Waals surface area contributed by atoms with Crippen molar-refractivity contribution in [1.29, 1.82) is 0 Å². The van der Waals surface area contributed by atoms with E-state index in [-0.39, 0.29) is 5.56 Å². The lowest BCUT2D eigenvalue weighted by molar-refractivity contribution is 0.751. The molecule has 0 aliphatic rings. The van der Waals surface area contributed by atoms with Gasteiger partial charge < -0.3 is 4.57 Å². The highest BCUT2D eigenvalue weighted by molar-refractivity contribution is 5.24. The number of rotatable bonds is 4. The van der Waals surface area contributed by atoms with Crippen LogP contribution in [-0.2, 0) is 13.0 Å². The van der Waals surface area contributed by atoms with Crippen LogP contribution in [-0.4, -0.2) is 4.57 Å². The molecule has 0 atom stereocenters. The van der Waals surface area contributed by atoms with E-state index in [0.717, 1.165) is 17.5 Å². The average molecular weight is 275 g/mol. The molecule has 2 aromatic carbocycles. The van der Waals surface area contributed by atoms with E-state index in [1.54, 1.807) is 10.6 Å². The summed E-state index contributed by atoms with van der Waals surface area (Å²) >= 11 is 0. The molecule has 104 valence electrons. The lowest BCUT2D eigenvalue weighted by Crippen LogP contribution is -2.19. The van der Waals surface area contributed by atoms with Crippen molar-refractivity contribution in [3.05, 3.63) is 106 Å². The first-order valence-electron chi connectivity index (χ1n) is 7.08. The Morgan fingerprint density at radius 3 is 1.95 bits per heavy atom. The zero-order valence-electron chi connectivity index (χ0n) is 11.8. The minimum atomic E-state index is 0.0377. The first kappa shape index (κ1) is 13.4. The standard InChI is InChI=1S/C19H17NO/c21-19-12-11-18(13-16-7-3-1-4-8-16)15-20(19)14-17-9-5-2-6-10-17/h1-12,15H,13-14H2. The summed E-state index contributed by atoms with van der Waals surface area (Å²) in [6.07, 6.45) is 2.80. The number of pyridine rings is 1. The Morgan fingerprint density at radius 1 is 0.667 bits per heavy atom. The Morgan fingerprint density at radius 2 is 1.29 bits per heavy atom. The quantitative estimate of drug-likeness (QED) is 0.714. The largest absolute Gasteiger partial charge is 0.311 e. The number of benzene rings is 2. The van der Waals surface area contributed by atoms with Gasteiger partial charge in [0.15, 0.2) is 0 Å². The van der Waals surface area contributed by atoms with Gasteiger partial charge in [0.05, 0.1) is 6.54 Å². The van der Waals surface area contributed by atoms with Gasteiger partial charge in [-0.2, -0.15) is 0 Å². The fraction of sp³-hybridized carbons (Fsp3) is 0.105. The smallest absolute Gasteiger partial charge is 0.250 e. The highest BCUT2D eigenvalue weighted by Gasteiger charge is 2.01. The van der Waals surface area contributed by atoms with Gasteiger partial charge in [-0.05, 0) is 23.1 Å². The SMILES string of the molecule is O=c1ccc(Cc2ccccc2)cn1Cc1ccccc1. The number of nitrogens with zero attached hydrogens (tertiary/aromatic N) is 1. The summed E-state index contributed by atoms with van der Waals surface area (Å²) < 4.78 is 1.77. The highest BCUT2D eigenvalue weighted by Crippen LogP contribution is 2.08. The van der Waals surface area contributed by atoms with Crippen LogP contribution in [0.1, 0.15) is 16.7 Å². The number of hydrogen-bond acceptors (Lipinski definition) is 1. The van der Waals surface area contributed by atoms with Crippen molar-refractivity contribution in [1.82, 2.24) is 4.57 Å². The van der Waals surface area contributed by atoms with Gasteiger partial charge in [0.25, 0.3) is 5.56 Å². The molecule has 1 heterocycles. The van der Waals surface area contributed by atoms with Crippen LogP contribution < -0.4 is 5.56 Å². The Balaban J connectivity index is 1.85. The van der Waals surface area contributed by atoms with Crippen molar-refractivity contribution in [3.63, 3.8) is 0 Å². The Kier molecular flexibility index (Phi) is 3.97. The molecule has 0 saturated carbocycles. The van der Waals surface area contributed by atoms with E-state index in [1.807, 2.05) is 60.8 Å². The Hall–Kier alpha value is -2.61. The monoisotopic (exact) mass is 275 g/mol. The van der Waals surface area contributed by atoms with Crippen LogP contribution in [0.5, 0.6) is 0 Å². The summed E-state index contributed by atoms with van der Waals surface area (Å²) in [6.45, 7) is 0.613. The minimum absolute atomic E-state index is 0.0377. The molecule has 21 heavy (non-hydrogen) atoms. The van der Waals surface area contributed by atoms with Crippen LogP contribution in [0.3, 0.4) is 0 Å². The fourth-order valence-electron chi connectivity index (χ4n) is 2.42. The minimum Gasteiger partial charge on any atom is -0.311 e. The molecular weight excluding hydrogens is 258 g/mol.